The molecule has 1 atom stereocenters. The summed E-state index contributed by atoms with van der Waals surface area (Å²) in [7, 11) is 1.62. The van der Waals surface area contributed by atoms with E-state index in [-0.39, 0.29) is 11.8 Å². The highest BCUT2D eigenvalue weighted by Crippen LogP contribution is 2.42. The molecule has 0 saturated carbocycles. The summed E-state index contributed by atoms with van der Waals surface area (Å²) >= 11 is 1.55. The third-order valence-electron chi connectivity index (χ3n) is 5.81. The lowest BCUT2D eigenvalue weighted by Gasteiger charge is -2.17. The van der Waals surface area contributed by atoms with E-state index < -0.39 is 0 Å². The zero-order chi connectivity index (χ0) is 26.4. The normalized spacial score (nSPS) is 18.6. The van der Waals surface area contributed by atoms with Gasteiger partial charge in [0.2, 0.25) is 5.91 Å². The summed E-state index contributed by atoms with van der Waals surface area (Å²) in [5, 5.41) is 18.5. The van der Waals surface area contributed by atoms with E-state index in [9.17, 15) is 4.79 Å². The number of hydrogen-bond donors (Lipinski definition) is 4. The standard InChI is InChI=1S/C28H40N4O2S/c1-7-9-10-22(15-20(4)34-6)18-32-28(33)25-12-11-19(3)21(5)27(26(25)17-30)35-24(8-2)16-23(31)13-14-29/h7-10,13-15,17,19,29-30H,11-12,16,18,31H2,1-6H3,(H,32,33)/b9-7-,20-15+,22-10+,23-13?,24-8+,29-14?,30-17?. The molecule has 0 radical (unpaired) electrons. The van der Waals surface area contributed by atoms with Crippen molar-refractivity contribution in [1.29, 1.82) is 10.8 Å². The lowest BCUT2D eigenvalue weighted by atomic mass is 9.97. The van der Waals surface area contributed by atoms with E-state index >= 15 is 0 Å². The highest BCUT2D eigenvalue weighted by Gasteiger charge is 2.25. The van der Waals surface area contributed by atoms with Gasteiger partial charge in [-0.2, -0.15) is 0 Å². The Morgan fingerprint density at radius 1 is 1.29 bits per heavy atom. The number of methoxy groups -OCH3 is 1. The molecule has 0 aromatic carbocycles. The fraction of sp³-hybridized carbons (Fsp3) is 0.393. The first-order valence-electron chi connectivity index (χ1n) is 11.8. The molecular formula is C28H40N4O2S. The zero-order valence-electron chi connectivity index (χ0n) is 21.8. The van der Waals surface area contributed by atoms with Gasteiger partial charge in [-0.25, -0.2) is 0 Å². The molecule has 5 N–H and O–H groups in total. The summed E-state index contributed by atoms with van der Waals surface area (Å²) in [6.07, 6.45) is 15.7. The van der Waals surface area contributed by atoms with Crippen molar-refractivity contribution >= 4 is 30.1 Å². The number of thioether (sulfide) groups is 1. The number of carbonyl (C=O) groups excluding carboxylic acids is 1. The Balaban J connectivity index is 3.33. The van der Waals surface area contributed by atoms with E-state index in [2.05, 4.69) is 19.2 Å². The van der Waals surface area contributed by atoms with Crippen molar-refractivity contribution in [3.8, 4) is 0 Å². The number of allylic oxidation sites excluding steroid dienone is 9. The molecule has 1 rings (SSSR count). The van der Waals surface area contributed by atoms with Crippen molar-refractivity contribution in [3.63, 3.8) is 0 Å². The van der Waals surface area contributed by atoms with Gasteiger partial charge in [0.25, 0.3) is 0 Å². The van der Waals surface area contributed by atoms with E-state index in [0.717, 1.165) is 33.1 Å². The van der Waals surface area contributed by atoms with Gasteiger partial charge in [0.15, 0.2) is 0 Å². The first-order chi connectivity index (χ1) is 16.7. The van der Waals surface area contributed by atoms with Crippen LogP contribution in [0.2, 0.25) is 0 Å². The van der Waals surface area contributed by atoms with Gasteiger partial charge < -0.3 is 26.6 Å². The Morgan fingerprint density at radius 2 is 2.00 bits per heavy atom. The topological polar surface area (TPSA) is 112 Å². The molecule has 1 aliphatic rings. The van der Waals surface area contributed by atoms with Crippen LogP contribution < -0.4 is 11.1 Å². The van der Waals surface area contributed by atoms with Crippen LogP contribution in [0.3, 0.4) is 0 Å². The summed E-state index contributed by atoms with van der Waals surface area (Å²) in [5.41, 5.74) is 10.0. The third kappa shape index (κ3) is 9.61. The average molecular weight is 497 g/mol. The quantitative estimate of drug-likeness (QED) is 0.144. The van der Waals surface area contributed by atoms with Gasteiger partial charge in [-0.3, -0.25) is 4.79 Å². The molecule has 1 aliphatic carbocycles. The van der Waals surface area contributed by atoms with E-state index in [1.807, 2.05) is 51.2 Å². The Hall–Kier alpha value is -3.06. The van der Waals surface area contributed by atoms with E-state index in [1.54, 1.807) is 24.9 Å². The summed E-state index contributed by atoms with van der Waals surface area (Å²) in [4.78, 5) is 15.3. The SMILES string of the molecule is C\C=C/C=C(\C=C(/C)OC)CNC(=O)C1=C(C=N)C(S/C(=C/C)CC(N)=CC=N)=C(C)C(C)CC1. The van der Waals surface area contributed by atoms with Gasteiger partial charge in [-0.05, 0) is 69.1 Å². The van der Waals surface area contributed by atoms with Crippen LogP contribution in [-0.4, -0.2) is 32.0 Å². The predicted molar refractivity (Wildman–Crippen MR) is 151 cm³/mol. The average Bonchev–Trinajstić information content (AvgIpc) is 2.96. The fourth-order valence-corrected chi connectivity index (χ4v) is 4.76. The summed E-state index contributed by atoms with van der Waals surface area (Å²) in [6.45, 7) is 10.4. The molecular weight excluding hydrogens is 456 g/mol. The van der Waals surface area contributed by atoms with Crippen molar-refractivity contribution < 1.29 is 9.53 Å². The fourth-order valence-electron chi connectivity index (χ4n) is 3.49. The molecule has 0 heterocycles. The smallest absolute Gasteiger partial charge is 0.248 e. The van der Waals surface area contributed by atoms with Gasteiger partial charge in [-0.15, -0.1) is 0 Å². The largest absolute Gasteiger partial charge is 0.501 e. The van der Waals surface area contributed by atoms with Gasteiger partial charge in [-0.1, -0.05) is 48.6 Å². The van der Waals surface area contributed by atoms with E-state index in [1.165, 1.54) is 12.4 Å². The number of carbonyl (C=O) groups is 1. The maximum atomic E-state index is 13.4. The highest BCUT2D eigenvalue weighted by molar-refractivity contribution is 8.07. The van der Waals surface area contributed by atoms with E-state index in [4.69, 9.17) is 21.3 Å². The molecule has 0 saturated heterocycles. The minimum atomic E-state index is -0.163. The van der Waals surface area contributed by atoms with Crippen LogP contribution in [-0.2, 0) is 9.53 Å². The molecule has 35 heavy (non-hydrogen) atoms. The predicted octanol–water partition coefficient (Wildman–Crippen LogP) is 6.32. The van der Waals surface area contributed by atoms with Crippen molar-refractivity contribution in [3.05, 3.63) is 80.0 Å². The molecule has 0 spiro atoms. The number of nitrogens with one attached hydrogen (secondary N) is 3. The van der Waals surface area contributed by atoms with E-state index in [0.29, 0.717) is 36.2 Å². The maximum Gasteiger partial charge on any atom is 0.248 e. The Kier molecular flexibility index (Phi) is 13.5. The second-order valence-corrected chi connectivity index (χ2v) is 9.48. The van der Waals surface area contributed by atoms with Crippen LogP contribution in [0.4, 0.5) is 0 Å². The maximum absolute atomic E-state index is 13.4. The number of nitrogens with two attached hydrogens (primary N) is 1. The minimum absolute atomic E-state index is 0.163. The second kappa shape index (κ2) is 15.8. The molecule has 6 nitrogen and oxygen atoms in total. The molecule has 1 amide bonds. The van der Waals surface area contributed by atoms with Crippen LogP contribution in [0.25, 0.3) is 0 Å². The van der Waals surface area contributed by atoms with Crippen LogP contribution in [0, 0.1) is 16.7 Å². The van der Waals surface area contributed by atoms with Crippen molar-refractivity contribution in [1.82, 2.24) is 5.32 Å². The molecule has 1 unspecified atom stereocenters. The summed E-state index contributed by atoms with van der Waals surface area (Å²) in [5.74, 6) is 0.872. The lowest BCUT2D eigenvalue weighted by Crippen LogP contribution is -2.28. The number of ether oxygens (including phenoxy) is 1. The third-order valence-corrected chi connectivity index (χ3v) is 7.20. The summed E-state index contributed by atoms with van der Waals surface area (Å²) < 4.78 is 5.27. The van der Waals surface area contributed by atoms with Gasteiger partial charge in [0, 0.05) is 47.1 Å². The Bertz CT molecular complexity index is 1010. The van der Waals surface area contributed by atoms with Gasteiger partial charge >= 0.3 is 0 Å². The molecule has 0 aromatic rings. The van der Waals surface area contributed by atoms with Gasteiger partial charge in [0.1, 0.15) is 0 Å². The van der Waals surface area contributed by atoms with Crippen LogP contribution >= 0.6 is 11.8 Å². The number of rotatable bonds is 12. The molecule has 0 aliphatic heterocycles. The van der Waals surface area contributed by atoms with Crippen molar-refractivity contribution in [2.75, 3.05) is 13.7 Å². The number of hydrogen-bond acceptors (Lipinski definition) is 6. The minimum Gasteiger partial charge on any atom is -0.501 e. The van der Waals surface area contributed by atoms with Crippen molar-refractivity contribution in [2.45, 2.75) is 53.9 Å². The highest BCUT2D eigenvalue weighted by atomic mass is 32.2. The monoisotopic (exact) mass is 496 g/mol. The Morgan fingerprint density at radius 3 is 2.57 bits per heavy atom. The molecule has 0 aromatic heterocycles. The first-order valence-corrected chi connectivity index (χ1v) is 12.6. The van der Waals surface area contributed by atoms with Crippen LogP contribution in [0.1, 0.15) is 53.9 Å². The van der Waals surface area contributed by atoms with Crippen LogP contribution in [0.15, 0.2) is 80.0 Å². The molecule has 7 heteroatoms. The second-order valence-electron chi connectivity index (χ2n) is 8.34. The first kappa shape index (κ1) is 30.0. The van der Waals surface area contributed by atoms with Gasteiger partial charge in [0.05, 0.1) is 12.9 Å². The number of amides is 1. The van der Waals surface area contributed by atoms with Crippen LogP contribution in [0.5, 0.6) is 0 Å². The molecule has 0 fully saturated rings. The lowest BCUT2D eigenvalue weighted by molar-refractivity contribution is -0.117. The summed E-state index contributed by atoms with van der Waals surface area (Å²) in [6, 6.07) is 0. The Labute approximate surface area is 214 Å². The molecule has 0 bridgehead atoms. The molecule has 190 valence electrons. The zero-order valence-corrected chi connectivity index (χ0v) is 22.6. The van der Waals surface area contributed by atoms with Crippen molar-refractivity contribution in [2.24, 2.45) is 11.7 Å².